The normalized spacial score (nSPS) is 11.2. The van der Waals surface area contributed by atoms with Gasteiger partial charge in [-0.1, -0.05) is 6.58 Å². The summed E-state index contributed by atoms with van der Waals surface area (Å²) in [6.07, 6.45) is 4.92. The highest BCUT2D eigenvalue weighted by atomic mass is 16.5. The number of hydrogen-bond acceptors (Lipinski definition) is 3. The summed E-state index contributed by atoms with van der Waals surface area (Å²) >= 11 is 0. The summed E-state index contributed by atoms with van der Waals surface area (Å²) in [5.41, 5.74) is 0.439. The molecule has 0 radical (unpaired) electrons. The van der Waals surface area contributed by atoms with Crippen molar-refractivity contribution in [3.05, 3.63) is 12.2 Å². The van der Waals surface area contributed by atoms with Crippen LogP contribution in [0.4, 0.5) is 0 Å². The summed E-state index contributed by atoms with van der Waals surface area (Å²) in [6, 6.07) is 0. The second-order valence-electron chi connectivity index (χ2n) is 6.21. The van der Waals surface area contributed by atoms with Gasteiger partial charge in [0, 0.05) is 12.0 Å². The molecule has 0 aromatic carbocycles. The molecule has 0 amide bonds. The van der Waals surface area contributed by atoms with Crippen molar-refractivity contribution in [3.63, 3.8) is 0 Å². The van der Waals surface area contributed by atoms with Gasteiger partial charge >= 0.3 is 11.9 Å². The number of hydrogen-bond donors (Lipinski definition) is 1. The first-order valence-corrected chi connectivity index (χ1v) is 7.61. The van der Waals surface area contributed by atoms with Crippen LogP contribution in [-0.4, -0.2) is 55.3 Å². The first kappa shape index (κ1) is 19.6. The van der Waals surface area contributed by atoms with Crippen LogP contribution >= 0.6 is 0 Å². The fourth-order valence-electron chi connectivity index (χ4n) is 2.03. The number of nitrogens with zero attached hydrogens (tertiary/aromatic N) is 1. The van der Waals surface area contributed by atoms with Crippen LogP contribution in [0, 0.1) is 0 Å². The van der Waals surface area contributed by atoms with Crippen LogP contribution in [0.2, 0.25) is 0 Å². The van der Waals surface area contributed by atoms with Crippen LogP contribution in [0.3, 0.4) is 0 Å². The lowest BCUT2D eigenvalue weighted by Crippen LogP contribution is -2.41. The predicted molar refractivity (Wildman–Crippen MR) is 83.0 cm³/mol. The Kier molecular flexibility index (Phi) is 9.71. The van der Waals surface area contributed by atoms with Gasteiger partial charge < -0.3 is 14.3 Å². The van der Waals surface area contributed by atoms with E-state index in [9.17, 15) is 9.59 Å². The minimum absolute atomic E-state index is 0.258. The fourth-order valence-corrected chi connectivity index (χ4v) is 2.03. The van der Waals surface area contributed by atoms with Crippen molar-refractivity contribution in [2.45, 2.75) is 45.4 Å². The number of carbonyl (C=O) groups is 2. The summed E-state index contributed by atoms with van der Waals surface area (Å²) in [5.74, 6) is -1.03. The molecule has 0 atom stereocenters. The number of unbranched alkanes of at least 4 members (excludes halogenated alkanes) is 3. The van der Waals surface area contributed by atoms with Gasteiger partial charge in [0.2, 0.25) is 0 Å². The maximum Gasteiger partial charge on any atom is 0.333 e. The van der Waals surface area contributed by atoms with Gasteiger partial charge in [0.25, 0.3) is 0 Å². The molecule has 0 spiro atoms. The first-order chi connectivity index (χ1) is 9.74. The summed E-state index contributed by atoms with van der Waals surface area (Å²) < 4.78 is 5.95. The van der Waals surface area contributed by atoms with Gasteiger partial charge in [0.05, 0.1) is 33.8 Å². The zero-order valence-corrected chi connectivity index (χ0v) is 13.7. The number of aliphatic carboxylic acids is 1. The van der Waals surface area contributed by atoms with Crippen LogP contribution in [0.5, 0.6) is 0 Å². The largest absolute Gasteiger partial charge is 0.481 e. The molecule has 1 N–H and O–H groups in total. The molecule has 0 bridgehead atoms. The second-order valence-corrected chi connectivity index (χ2v) is 6.21. The highest BCUT2D eigenvalue weighted by molar-refractivity contribution is 5.86. The average Bonchev–Trinajstić information content (AvgIpc) is 2.38. The number of carboxylic acids is 1. The molecule has 5 nitrogen and oxygen atoms in total. The Bertz CT molecular complexity index is 350. The van der Waals surface area contributed by atoms with Crippen molar-refractivity contribution in [3.8, 4) is 0 Å². The molecule has 0 aliphatic rings. The summed E-state index contributed by atoms with van der Waals surface area (Å²) in [6.45, 7) is 7.69. The van der Waals surface area contributed by atoms with E-state index in [2.05, 4.69) is 20.7 Å². The molecule has 0 aliphatic carbocycles. The Morgan fingerprint density at radius 3 is 2.14 bits per heavy atom. The fraction of sp³-hybridized carbons (Fsp3) is 0.750. The van der Waals surface area contributed by atoms with E-state index in [0.717, 1.165) is 49.7 Å². The zero-order valence-electron chi connectivity index (χ0n) is 13.7. The smallest absolute Gasteiger partial charge is 0.333 e. The van der Waals surface area contributed by atoms with E-state index in [0.29, 0.717) is 12.2 Å². The highest BCUT2D eigenvalue weighted by Gasteiger charge is 2.14. The molecule has 0 aromatic heterocycles. The van der Waals surface area contributed by atoms with E-state index >= 15 is 0 Å². The van der Waals surface area contributed by atoms with Gasteiger partial charge in [-0.15, -0.1) is 0 Å². The van der Waals surface area contributed by atoms with Gasteiger partial charge in [0.15, 0.2) is 0 Å². The minimum Gasteiger partial charge on any atom is -0.481 e. The van der Waals surface area contributed by atoms with E-state index in [1.807, 2.05) is 0 Å². The van der Waals surface area contributed by atoms with Crippen LogP contribution in [-0.2, 0) is 14.3 Å². The Hall–Kier alpha value is -1.36. The molecular formula is C16H30NO4+. The summed E-state index contributed by atoms with van der Waals surface area (Å²) in [4.78, 5) is 21.6. The lowest BCUT2D eigenvalue weighted by atomic mass is 10.2. The van der Waals surface area contributed by atoms with E-state index < -0.39 is 5.97 Å². The number of carbonyl (C=O) groups excluding carboxylic acids is 1. The minimum atomic E-state index is -0.718. The Balaban J connectivity index is 3.58. The molecule has 0 saturated carbocycles. The van der Waals surface area contributed by atoms with Gasteiger partial charge in [-0.05, 0) is 39.0 Å². The molecule has 21 heavy (non-hydrogen) atoms. The van der Waals surface area contributed by atoms with Crippen molar-refractivity contribution in [2.75, 3.05) is 33.8 Å². The van der Waals surface area contributed by atoms with E-state index in [1.165, 1.54) is 0 Å². The quantitative estimate of drug-likeness (QED) is 0.260. The van der Waals surface area contributed by atoms with Crippen molar-refractivity contribution in [2.24, 2.45) is 0 Å². The predicted octanol–water partition coefficient (Wildman–Crippen LogP) is 2.61. The third kappa shape index (κ3) is 12.1. The van der Waals surface area contributed by atoms with Crippen molar-refractivity contribution in [1.29, 1.82) is 0 Å². The van der Waals surface area contributed by atoms with Gasteiger partial charge in [-0.2, -0.15) is 0 Å². The molecule has 5 heteroatoms. The molecule has 122 valence electrons. The Morgan fingerprint density at radius 1 is 1.05 bits per heavy atom. The maximum absolute atomic E-state index is 11.2. The number of ether oxygens (including phenoxy) is 1. The average molecular weight is 300 g/mol. The molecule has 0 rings (SSSR count). The Labute approximate surface area is 128 Å². The summed E-state index contributed by atoms with van der Waals surface area (Å²) in [7, 11) is 4.34. The number of carboxylic acid groups (broad SMARTS) is 1. The number of esters is 1. The van der Waals surface area contributed by atoms with E-state index in [-0.39, 0.29) is 12.4 Å². The van der Waals surface area contributed by atoms with Crippen molar-refractivity contribution >= 4 is 11.9 Å². The van der Waals surface area contributed by atoms with Crippen LogP contribution in [0.1, 0.15) is 45.4 Å². The molecule has 0 fully saturated rings. The van der Waals surface area contributed by atoms with E-state index in [1.54, 1.807) is 6.92 Å². The molecular weight excluding hydrogens is 270 g/mol. The standard InChI is InChI=1S/C16H29NO4/c1-14(2)16(20)21-13-9-5-7-11-17(3,4)12-8-6-10-15(18)19/h1,5-13H2,2-4H3/p+1. The van der Waals surface area contributed by atoms with Crippen LogP contribution in [0.25, 0.3) is 0 Å². The maximum atomic E-state index is 11.2. The first-order valence-electron chi connectivity index (χ1n) is 7.61. The third-order valence-corrected chi connectivity index (χ3v) is 3.39. The second kappa shape index (κ2) is 10.4. The molecule has 0 saturated heterocycles. The van der Waals surface area contributed by atoms with E-state index in [4.69, 9.17) is 9.84 Å². The van der Waals surface area contributed by atoms with Gasteiger partial charge in [-0.3, -0.25) is 4.79 Å². The number of rotatable bonds is 12. The molecule has 0 unspecified atom stereocenters. The lowest BCUT2D eigenvalue weighted by molar-refractivity contribution is -0.890. The SMILES string of the molecule is C=C(C)C(=O)OCCCCC[N+](C)(C)CCCCC(=O)O. The molecule has 0 heterocycles. The van der Waals surface area contributed by atoms with Crippen LogP contribution in [0.15, 0.2) is 12.2 Å². The van der Waals surface area contributed by atoms with Crippen molar-refractivity contribution < 1.29 is 23.9 Å². The number of quaternary nitrogens is 1. The highest BCUT2D eigenvalue weighted by Crippen LogP contribution is 2.08. The molecule has 0 aliphatic heterocycles. The van der Waals surface area contributed by atoms with Gasteiger partial charge in [0.1, 0.15) is 0 Å². The monoisotopic (exact) mass is 300 g/mol. The topological polar surface area (TPSA) is 63.6 Å². The van der Waals surface area contributed by atoms with Gasteiger partial charge in [-0.25, -0.2) is 4.79 Å². The molecule has 0 aromatic rings. The van der Waals surface area contributed by atoms with Crippen LogP contribution < -0.4 is 0 Å². The van der Waals surface area contributed by atoms with Crippen molar-refractivity contribution in [1.82, 2.24) is 0 Å². The third-order valence-electron chi connectivity index (χ3n) is 3.39. The zero-order chi connectivity index (χ0) is 16.3. The lowest BCUT2D eigenvalue weighted by Gasteiger charge is -2.29. The Morgan fingerprint density at radius 2 is 1.62 bits per heavy atom. The summed E-state index contributed by atoms with van der Waals surface area (Å²) in [5, 5.41) is 8.59.